The topological polar surface area (TPSA) is 59.1 Å². The molecule has 0 spiro atoms. The van der Waals surface area contributed by atoms with E-state index in [1.54, 1.807) is 48.8 Å². The van der Waals surface area contributed by atoms with Gasteiger partial charge in [0.05, 0.1) is 13.2 Å². The maximum atomic E-state index is 13.6. The van der Waals surface area contributed by atoms with Crippen LogP contribution >= 0.6 is 22.9 Å². The van der Waals surface area contributed by atoms with Gasteiger partial charge in [0.15, 0.2) is 0 Å². The van der Waals surface area contributed by atoms with Crippen LogP contribution in [0.5, 0.6) is 11.5 Å². The number of amides is 2. The lowest BCUT2D eigenvalue weighted by Gasteiger charge is -2.37. The van der Waals surface area contributed by atoms with Gasteiger partial charge in [-0.3, -0.25) is 9.59 Å². The van der Waals surface area contributed by atoms with Gasteiger partial charge in [-0.15, -0.1) is 17.9 Å². The summed E-state index contributed by atoms with van der Waals surface area (Å²) in [6.45, 7) is 6.79. The van der Waals surface area contributed by atoms with Crippen LogP contribution in [0, 0.1) is 6.92 Å². The lowest BCUT2D eigenvalue weighted by Crippen LogP contribution is -2.47. The van der Waals surface area contributed by atoms with Crippen molar-refractivity contribution in [1.82, 2.24) is 9.80 Å². The molecule has 8 heteroatoms. The van der Waals surface area contributed by atoms with Gasteiger partial charge in [0.25, 0.3) is 5.91 Å². The molecule has 2 heterocycles. The third-order valence-electron chi connectivity index (χ3n) is 6.25. The Balaban J connectivity index is 1.51. The second kappa shape index (κ2) is 11.6. The molecular weight excluding hydrogens is 496 g/mol. The maximum Gasteiger partial charge on any atom is 0.254 e. The van der Waals surface area contributed by atoms with Crippen LogP contribution in [0.25, 0.3) is 0 Å². The number of halogens is 1. The van der Waals surface area contributed by atoms with Gasteiger partial charge in [0.2, 0.25) is 5.91 Å². The zero-order chi connectivity index (χ0) is 25.7. The van der Waals surface area contributed by atoms with Gasteiger partial charge in [-0.05, 0) is 78.4 Å². The highest BCUT2D eigenvalue weighted by Crippen LogP contribution is 2.34. The molecule has 188 valence electrons. The summed E-state index contributed by atoms with van der Waals surface area (Å²) in [5.41, 5.74) is 2.52. The van der Waals surface area contributed by atoms with E-state index in [1.165, 1.54) is 9.78 Å². The molecule has 0 saturated carbocycles. The number of aryl methyl sites for hydroxylation is 1. The third-order valence-corrected chi connectivity index (χ3v) is 7.67. The molecule has 0 aliphatic carbocycles. The van der Waals surface area contributed by atoms with Crippen LogP contribution in [0.3, 0.4) is 0 Å². The summed E-state index contributed by atoms with van der Waals surface area (Å²) in [6, 6.07) is 14.2. The molecule has 1 aliphatic heterocycles. The monoisotopic (exact) mass is 524 g/mol. The van der Waals surface area contributed by atoms with E-state index in [0.717, 1.165) is 17.5 Å². The maximum absolute atomic E-state index is 13.6. The summed E-state index contributed by atoms with van der Waals surface area (Å²) in [5.74, 6) is 1.01. The van der Waals surface area contributed by atoms with Crippen molar-refractivity contribution in [1.29, 1.82) is 0 Å². The van der Waals surface area contributed by atoms with Crippen LogP contribution in [-0.2, 0) is 11.2 Å². The number of carbonyl (C=O) groups excluding carboxylic acids is 2. The first-order valence-corrected chi connectivity index (χ1v) is 13.0. The standard InChI is InChI=1S/C28H29ClN2O4S/c1-4-13-30(28(33)20-5-7-21(34-3)8-6-20)17-27(32)31-14-11-26-23(12-15-36-26)25(31)18-35-22-9-10-24(29)19(2)16-22/h4-10,12,15-16,25H,1,11,13-14,17-18H2,2-3H3/t25-/m0/s1. The lowest BCUT2D eigenvalue weighted by atomic mass is 10.0. The molecule has 0 N–H and O–H groups in total. The van der Waals surface area contributed by atoms with Gasteiger partial charge in [-0.2, -0.15) is 0 Å². The van der Waals surface area contributed by atoms with E-state index < -0.39 is 0 Å². The van der Waals surface area contributed by atoms with Crippen LogP contribution in [0.2, 0.25) is 5.02 Å². The molecular formula is C28H29ClN2O4S. The second-order valence-electron chi connectivity index (χ2n) is 8.58. The first kappa shape index (κ1) is 25.8. The van der Waals surface area contributed by atoms with Crippen molar-refractivity contribution in [2.45, 2.75) is 19.4 Å². The fourth-order valence-electron chi connectivity index (χ4n) is 4.30. The summed E-state index contributed by atoms with van der Waals surface area (Å²) in [5, 5.41) is 2.73. The van der Waals surface area contributed by atoms with Crippen LogP contribution in [0.15, 0.2) is 66.6 Å². The number of ether oxygens (including phenoxy) is 2. The molecule has 36 heavy (non-hydrogen) atoms. The minimum Gasteiger partial charge on any atom is -0.497 e. The molecule has 1 aliphatic rings. The lowest BCUT2D eigenvalue weighted by molar-refractivity contribution is -0.135. The van der Waals surface area contributed by atoms with E-state index in [2.05, 4.69) is 18.0 Å². The molecule has 0 radical (unpaired) electrons. The molecule has 6 nitrogen and oxygen atoms in total. The van der Waals surface area contributed by atoms with Gasteiger partial charge >= 0.3 is 0 Å². The SMILES string of the molecule is C=CCN(CC(=O)N1CCc2sccc2[C@@H]1COc1ccc(Cl)c(C)c1)C(=O)c1ccc(OC)cc1. The van der Waals surface area contributed by atoms with E-state index in [4.69, 9.17) is 21.1 Å². The summed E-state index contributed by atoms with van der Waals surface area (Å²) in [6.07, 6.45) is 2.41. The van der Waals surface area contributed by atoms with Crippen LogP contribution < -0.4 is 9.47 Å². The molecule has 0 fully saturated rings. The highest BCUT2D eigenvalue weighted by atomic mass is 35.5. The Morgan fingerprint density at radius 1 is 1.19 bits per heavy atom. The smallest absolute Gasteiger partial charge is 0.254 e. The molecule has 0 bridgehead atoms. The Morgan fingerprint density at radius 2 is 1.94 bits per heavy atom. The van der Waals surface area contributed by atoms with Crippen LogP contribution in [-0.4, -0.2) is 55.0 Å². The molecule has 1 atom stereocenters. The highest BCUT2D eigenvalue weighted by Gasteiger charge is 2.33. The highest BCUT2D eigenvalue weighted by molar-refractivity contribution is 7.10. The zero-order valence-electron chi connectivity index (χ0n) is 20.4. The largest absolute Gasteiger partial charge is 0.497 e. The Kier molecular flexibility index (Phi) is 8.33. The van der Waals surface area contributed by atoms with E-state index >= 15 is 0 Å². The molecule has 0 saturated heterocycles. The molecule has 0 unspecified atom stereocenters. The van der Waals surface area contributed by atoms with Crippen molar-refractivity contribution < 1.29 is 19.1 Å². The first-order chi connectivity index (χ1) is 17.4. The zero-order valence-corrected chi connectivity index (χ0v) is 22.0. The number of fused-ring (bicyclic) bond motifs is 1. The van der Waals surface area contributed by atoms with Gasteiger partial charge in [0, 0.05) is 28.6 Å². The molecule has 1 aromatic heterocycles. The predicted molar refractivity (Wildman–Crippen MR) is 143 cm³/mol. The summed E-state index contributed by atoms with van der Waals surface area (Å²) in [7, 11) is 1.57. The van der Waals surface area contributed by atoms with Crippen molar-refractivity contribution in [3.63, 3.8) is 0 Å². The van der Waals surface area contributed by atoms with E-state index in [1.807, 2.05) is 30.0 Å². The number of methoxy groups -OCH3 is 1. The van der Waals surface area contributed by atoms with Gasteiger partial charge in [-0.1, -0.05) is 17.7 Å². The van der Waals surface area contributed by atoms with Crippen LogP contribution in [0.4, 0.5) is 0 Å². The van der Waals surface area contributed by atoms with E-state index in [0.29, 0.717) is 35.2 Å². The minimum absolute atomic E-state index is 0.0487. The predicted octanol–water partition coefficient (Wildman–Crippen LogP) is 5.55. The second-order valence-corrected chi connectivity index (χ2v) is 9.98. The van der Waals surface area contributed by atoms with Gasteiger partial charge < -0.3 is 19.3 Å². The third kappa shape index (κ3) is 5.74. The number of benzene rings is 2. The van der Waals surface area contributed by atoms with Crippen molar-refractivity contribution >= 4 is 34.8 Å². The first-order valence-electron chi connectivity index (χ1n) is 11.7. The van der Waals surface area contributed by atoms with Gasteiger partial charge in [-0.25, -0.2) is 0 Å². The average molecular weight is 525 g/mol. The Bertz CT molecular complexity index is 1240. The summed E-state index contributed by atoms with van der Waals surface area (Å²) >= 11 is 7.85. The molecule has 2 amide bonds. The normalized spacial score (nSPS) is 14.6. The number of carbonyl (C=O) groups is 2. The molecule has 2 aromatic carbocycles. The van der Waals surface area contributed by atoms with E-state index in [-0.39, 0.29) is 30.9 Å². The molecule has 4 rings (SSSR count). The number of nitrogens with zero attached hydrogens (tertiary/aromatic N) is 2. The number of hydrogen-bond acceptors (Lipinski definition) is 5. The Labute approximate surface area is 220 Å². The number of rotatable bonds is 9. The fourth-order valence-corrected chi connectivity index (χ4v) is 5.35. The summed E-state index contributed by atoms with van der Waals surface area (Å²) < 4.78 is 11.3. The van der Waals surface area contributed by atoms with Crippen molar-refractivity contribution in [2.75, 3.05) is 33.4 Å². The van der Waals surface area contributed by atoms with E-state index in [9.17, 15) is 9.59 Å². The van der Waals surface area contributed by atoms with Gasteiger partial charge in [0.1, 0.15) is 24.7 Å². The van der Waals surface area contributed by atoms with Crippen LogP contribution in [0.1, 0.15) is 32.4 Å². The number of thiophene rings is 1. The van der Waals surface area contributed by atoms with Crippen molar-refractivity contribution in [2.24, 2.45) is 0 Å². The minimum atomic E-state index is -0.245. The Morgan fingerprint density at radius 3 is 2.64 bits per heavy atom. The Hall–Kier alpha value is -3.29. The van der Waals surface area contributed by atoms with Crippen molar-refractivity contribution in [3.8, 4) is 11.5 Å². The summed E-state index contributed by atoms with van der Waals surface area (Å²) in [4.78, 5) is 31.4. The van der Waals surface area contributed by atoms with Crippen molar-refractivity contribution in [3.05, 3.63) is 93.2 Å². The quantitative estimate of drug-likeness (QED) is 0.344. The molecule has 3 aromatic rings. The number of hydrogen-bond donors (Lipinski definition) is 0. The average Bonchev–Trinajstić information content (AvgIpc) is 3.37. The fraction of sp³-hybridized carbons (Fsp3) is 0.286.